The summed E-state index contributed by atoms with van der Waals surface area (Å²) >= 11 is 5.88. The van der Waals surface area contributed by atoms with Gasteiger partial charge >= 0.3 is 0 Å². The van der Waals surface area contributed by atoms with Crippen LogP contribution in [-0.2, 0) is 0 Å². The Bertz CT molecular complexity index is 644. The highest BCUT2D eigenvalue weighted by atomic mass is 35.5. The minimum atomic E-state index is -0.244. The molecule has 2 aromatic carbocycles. The van der Waals surface area contributed by atoms with Crippen molar-refractivity contribution in [2.45, 2.75) is 13.3 Å². The van der Waals surface area contributed by atoms with Gasteiger partial charge in [-0.1, -0.05) is 24.6 Å². The number of nitrogens with two attached hydrogens (primary N) is 1. The summed E-state index contributed by atoms with van der Waals surface area (Å²) < 4.78 is 5.48. The number of hydrogen-bond donors (Lipinski definition) is 2. The van der Waals surface area contributed by atoms with E-state index in [1.165, 1.54) is 0 Å². The lowest BCUT2D eigenvalue weighted by Crippen LogP contribution is -2.12. The zero-order chi connectivity index (χ0) is 15.2. The molecule has 0 fully saturated rings. The average molecular weight is 305 g/mol. The normalized spacial score (nSPS) is 10.2. The van der Waals surface area contributed by atoms with Crippen molar-refractivity contribution in [1.29, 1.82) is 0 Å². The van der Waals surface area contributed by atoms with Gasteiger partial charge < -0.3 is 15.8 Å². The van der Waals surface area contributed by atoms with Gasteiger partial charge in [-0.15, -0.1) is 0 Å². The van der Waals surface area contributed by atoms with E-state index >= 15 is 0 Å². The second kappa shape index (κ2) is 6.99. The van der Waals surface area contributed by atoms with Crippen molar-refractivity contribution in [3.05, 3.63) is 53.1 Å². The van der Waals surface area contributed by atoms with E-state index in [4.69, 9.17) is 22.1 Å². The third-order valence-corrected chi connectivity index (χ3v) is 3.05. The first kappa shape index (κ1) is 15.2. The molecule has 5 heteroatoms. The van der Waals surface area contributed by atoms with Crippen molar-refractivity contribution in [2.75, 3.05) is 17.7 Å². The minimum Gasteiger partial charge on any atom is -0.491 e. The fourth-order valence-electron chi connectivity index (χ4n) is 1.80. The number of rotatable bonds is 5. The zero-order valence-electron chi connectivity index (χ0n) is 11.7. The molecule has 0 spiro atoms. The molecule has 0 unspecified atom stereocenters. The number of carbonyl (C=O) groups is 1. The Balaban J connectivity index is 2.11. The minimum absolute atomic E-state index is 0.244. The summed E-state index contributed by atoms with van der Waals surface area (Å²) in [5.74, 6) is 0.349. The predicted molar refractivity (Wildman–Crippen MR) is 86.0 cm³/mol. The fraction of sp³-hybridized carbons (Fsp3) is 0.188. The van der Waals surface area contributed by atoms with Crippen LogP contribution >= 0.6 is 11.6 Å². The Kier molecular flexibility index (Phi) is 5.06. The van der Waals surface area contributed by atoms with Gasteiger partial charge in [-0.05, 0) is 42.8 Å². The lowest BCUT2D eigenvalue weighted by molar-refractivity contribution is 0.102. The molecule has 21 heavy (non-hydrogen) atoms. The topological polar surface area (TPSA) is 64.3 Å². The van der Waals surface area contributed by atoms with Crippen molar-refractivity contribution < 1.29 is 9.53 Å². The summed E-state index contributed by atoms with van der Waals surface area (Å²) in [6, 6.07) is 12.0. The number of carbonyl (C=O) groups excluding carboxylic acids is 1. The lowest BCUT2D eigenvalue weighted by atomic mass is 10.1. The van der Waals surface area contributed by atoms with Gasteiger partial charge in [0.15, 0.2) is 0 Å². The number of hydrogen-bond acceptors (Lipinski definition) is 3. The van der Waals surface area contributed by atoms with E-state index in [0.29, 0.717) is 34.3 Å². The largest absolute Gasteiger partial charge is 0.491 e. The van der Waals surface area contributed by atoms with Crippen LogP contribution in [0.5, 0.6) is 5.75 Å². The maximum absolute atomic E-state index is 12.2. The van der Waals surface area contributed by atoms with Crippen molar-refractivity contribution in [1.82, 2.24) is 0 Å². The summed E-state index contributed by atoms with van der Waals surface area (Å²) in [6.07, 6.45) is 0.899. The number of amides is 1. The van der Waals surface area contributed by atoms with E-state index in [1.54, 1.807) is 42.5 Å². The molecule has 0 aliphatic heterocycles. The summed E-state index contributed by atoms with van der Waals surface area (Å²) in [6.45, 7) is 2.61. The van der Waals surface area contributed by atoms with Crippen LogP contribution in [-0.4, -0.2) is 12.5 Å². The standard InChI is InChI=1S/C16H17ClN2O2/c1-2-8-21-15-7-6-11(9-14(15)18)16(20)19-13-5-3-4-12(17)10-13/h3-7,9-10H,2,8,18H2,1H3,(H,19,20). The number of ether oxygens (including phenoxy) is 1. The highest BCUT2D eigenvalue weighted by molar-refractivity contribution is 6.30. The van der Waals surface area contributed by atoms with Crippen LogP contribution in [0.15, 0.2) is 42.5 Å². The highest BCUT2D eigenvalue weighted by Crippen LogP contribution is 2.23. The zero-order valence-corrected chi connectivity index (χ0v) is 12.5. The van der Waals surface area contributed by atoms with Crippen molar-refractivity contribution >= 4 is 28.9 Å². The van der Waals surface area contributed by atoms with E-state index in [2.05, 4.69) is 5.32 Å². The van der Waals surface area contributed by atoms with Gasteiger partial charge in [-0.3, -0.25) is 4.79 Å². The number of benzene rings is 2. The van der Waals surface area contributed by atoms with E-state index in [-0.39, 0.29) is 5.91 Å². The molecule has 0 saturated carbocycles. The van der Waals surface area contributed by atoms with Gasteiger partial charge in [0.2, 0.25) is 0 Å². The molecule has 0 bridgehead atoms. The first-order valence-electron chi connectivity index (χ1n) is 6.69. The highest BCUT2D eigenvalue weighted by Gasteiger charge is 2.09. The molecule has 0 atom stereocenters. The van der Waals surface area contributed by atoms with Crippen LogP contribution in [0.25, 0.3) is 0 Å². The predicted octanol–water partition coefficient (Wildman–Crippen LogP) is 3.96. The van der Waals surface area contributed by atoms with Gasteiger partial charge in [-0.2, -0.15) is 0 Å². The van der Waals surface area contributed by atoms with Crippen LogP contribution < -0.4 is 15.8 Å². The maximum Gasteiger partial charge on any atom is 0.255 e. The second-order valence-corrected chi connectivity index (χ2v) is 5.00. The molecular weight excluding hydrogens is 288 g/mol. The second-order valence-electron chi connectivity index (χ2n) is 4.57. The monoisotopic (exact) mass is 304 g/mol. The Morgan fingerprint density at radius 1 is 1.29 bits per heavy atom. The first-order valence-corrected chi connectivity index (χ1v) is 7.07. The molecule has 0 saturated heterocycles. The SMILES string of the molecule is CCCOc1ccc(C(=O)Nc2cccc(Cl)c2)cc1N. The summed E-state index contributed by atoms with van der Waals surface area (Å²) in [4.78, 5) is 12.2. The molecule has 0 aromatic heterocycles. The molecule has 0 heterocycles. The quantitative estimate of drug-likeness (QED) is 0.822. The molecule has 0 radical (unpaired) electrons. The third kappa shape index (κ3) is 4.13. The molecular formula is C16H17ClN2O2. The summed E-state index contributed by atoms with van der Waals surface area (Å²) in [5.41, 5.74) is 7.44. The summed E-state index contributed by atoms with van der Waals surface area (Å²) in [5, 5.41) is 3.33. The Morgan fingerprint density at radius 2 is 2.10 bits per heavy atom. The Labute approximate surface area is 128 Å². The fourth-order valence-corrected chi connectivity index (χ4v) is 1.99. The first-order chi connectivity index (χ1) is 10.1. The van der Waals surface area contributed by atoms with E-state index in [0.717, 1.165) is 6.42 Å². The number of nitrogens with one attached hydrogen (secondary N) is 1. The Hall–Kier alpha value is -2.20. The van der Waals surface area contributed by atoms with Gasteiger partial charge in [0.05, 0.1) is 12.3 Å². The summed E-state index contributed by atoms with van der Waals surface area (Å²) in [7, 11) is 0. The van der Waals surface area contributed by atoms with Crippen LogP contribution in [0.1, 0.15) is 23.7 Å². The number of halogens is 1. The van der Waals surface area contributed by atoms with Gasteiger partial charge in [0.1, 0.15) is 5.75 Å². The third-order valence-electron chi connectivity index (χ3n) is 2.82. The molecule has 3 N–H and O–H groups in total. The van der Waals surface area contributed by atoms with Crippen molar-refractivity contribution in [3.8, 4) is 5.75 Å². The molecule has 2 aromatic rings. The van der Waals surface area contributed by atoms with Gasteiger partial charge in [0.25, 0.3) is 5.91 Å². The molecule has 0 aliphatic rings. The molecule has 2 rings (SSSR count). The van der Waals surface area contributed by atoms with Crippen LogP contribution in [0.2, 0.25) is 5.02 Å². The maximum atomic E-state index is 12.2. The van der Waals surface area contributed by atoms with Crippen LogP contribution in [0.3, 0.4) is 0 Å². The van der Waals surface area contributed by atoms with E-state index in [9.17, 15) is 4.79 Å². The molecule has 1 amide bonds. The smallest absolute Gasteiger partial charge is 0.255 e. The van der Waals surface area contributed by atoms with Crippen LogP contribution in [0, 0.1) is 0 Å². The molecule has 0 aliphatic carbocycles. The van der Waals surface area contributed by atoms with Crippen molar-refractivity contribution in [2.24, 2.45) is 0 Å². The molecule has 110 valence electrons. The van der Waals surface area contributed by atoms with E-state index < -0.39 is 0 Å². The number of anilines is 2. The average Bonchev–Trinajstić information content (AvgIpc) is 2.46. The number of nitrogen functional groups attached to an aromatic ring is 1. The van der Waals surface area contributed by atoms with Gasteiger partial charge in [0, 0.05) is 16.3 Å². The molecule has 4 nitrogen and oxygen atoms in total. The Morgan fingerprint density at radius 3 is 2.76 bits per heavy atom. The van der Waals surface area contributed by atoms with Gasteiger partial charge in [-0.25, -0.2) is 0 Å². The lowest BCUT2D eigenvalue weighted by Gasteiger charge is -2.10. The van der Waals surface area contributed by atoms with E-state index in [1.807, 2.05) is 6.92 Å². The van der Waals surface area contributed by atoms with Crippen molar-refractivity contribution in [3.63, 3.8) is 0 Å². The van der Waals surface area contributed by atoms with Crippen LogP contribution in [0.4, 0.5) is 11.4 Å².